The first-order chi connectivity index (χ1) is 15.8. The van der Waals surface area contributed by atoms with Crippen LogP contribution >= 0.6 is 15.9 Å². The van der Waals surface area contributed by atoms with E-state index in [1.807, 2.05) is 64.1 Å². The van der Waals surface area contributed by atoms with Gasteiger partial charge in [-0.1, -0.05) is 52.7 Å². The Morgan fingerprint density at radius 2 is 1.76 bits per heavy atom. The molecule has 2 aromatic carbocycles. The number of halogens is 1. The van der Waals surface area contributed by atoms with Gasteiger partial charge in [0.1, 0.15) is 12.6 Å². The van der Waals surface area contributed by atoms with Crippen LogP contribution in [0.15, 0.2) is 46.9 Å². The van der Waals surface area contributed by atoms with Crippen molar-refractivity contribution >= 4 is 43.5 Å². The first-order valence-electron chi connectivity index (χ1n) is 11.2. The molecule has 0 bridgehead atoms. The maximum absolute atomic E-state index is 13.6. The molecule has 2 atom stereocenters. The molecule has 2 aromatic rings. The van der Waals surface area contributed by atoms with Crippen LogP contribution in [0.25, 0.3) is 0 Å². The number of amides is 2. The molecule has 0 radical (unpaired) electrons. The molecule has 0 unspecified atom stereocenters. The summed E-state index contributed by atoms with van der Waals surface area (Å²) in [6.07, 6.45) is 1.84. The lowest BCUT2D eigenvalue weighted by Gasteiger charge is -2.32. The second kappa shape index (κ2) is 11.8. The standard InChI is InChI=1S/C25H34BrN3O4S/c1-7-19(4)27-25(31)20(5)28(15-21-9-8-10-22(26)14-21)24(30)16-29(34(6,32)33)23-12-11-17(2)13-18(23)3/h8-14,19-20H,7,15-16H2,1-6H3,(H,27,31)/t19-,20-/m1/s1. The summed E-state index contributed by atoms with van der Waals surface area (Å²) >= 11 is 3.44. The van der Waals surface area contributed by atoms with Gasteiger partial charge in [-0.05, 0) is 63.4 Å². The van der Waals surface area contributed by atoms with Crippen LogP contribution in [0.4, 0.5) is 5.69 Å². The Hall–Kier alpha value is -2.39. The SMILES string of the molecule is CC[C@@H](C)NC(=O)[C@@H](C)N(Cc1cccc(Br)c1)C(=O)CN(c1ccc(C)cc1C)S(C)(=O)=O. The Morgan fingerprint density at radius 3 is 2.32 bits per heavy atom. The Kier molecular flexibility index (Phi) is 9.70. The lowest BCUT2D eigenvalue weighted by atomic mass is 10.1. The number of carbonyl (C=O) groups excluding carboxylic acids is 2. The van der Waals surface area contributed by atoms with Crippen molar-refractivity contribution in [2.24, 2.45) is 0 Å². The molecule has 0 saturated carbocycles. The van der Waals surface area contributed by atoms with Crippen LogP contribution in [-0.2, 0) is 26.2 Å². The van der Waals surface area contributed by atoms with Gasteiger partial charge in [-0.15, -0.1) is 0 Å². The first kappa shape index (κ1) is 27.9. The molecule has 2 amide bonds. The Morgan fingerprint density at radius 1 is 1.09 bits per heavy atom. The predicted molar refractivity (Wildman–Crippen MR) is 140 cm³/mol. The highest BCUT2D eigenvalue weighted by molar-refractivity contribution is 9.10. The quantitative estimate of drug-likeness (QED) is 0.480. The lowest BCUT2D eigenvalue weighted by Crippen LogP contribution is -2.52. The summed E-state index contributed by atoms with van der Waals surface area (Å²) in [6, 6.07) is 12.0. The topological polar surface area (TPSA) is 86.8 Å². The maximum atomic E-state index is 13.6. The third kappa shape index (κ3) is 7.56. The van der Waals surface area contributed by atoms with Gasteiger partial charge in [0.2, 0.25) is 21.8 Å². The number of hydrogen-bond acceptors (Lipinski definition) is 4. The van der Waals surface area contributed by atoms with Crippen molar-refractivity contribution in [3.63, 3.8) is 0 Å². The zero-order valence-corrected chi connectivity index (χ0v) is 23.0. The highest BCUT2D eigenvalue weighted by atomic mass is 79.9. The molecule has 0 spiro atoms. The molecule has 9 heteroatoms. The van der Waals surface area contributed by atoms with Crippen LogP contribution < -0.4 is 9.62 Å². The molecule has 0 aromatic heterocycles. The number of carbonyl (C=O) groups is 2. The number of anilines is 1. The van der Waals surface area contributed by atoms with Gasteiger partial charge in [-0.2, -0.15) is 0 Å². The van der Waals surface area contributed by atoms with Crippen LogP contribution in [0, 0.1) is 13.8 Å². The van der Waals surface area contributed by atoms with Crippen LogP contribution in [0.2, 0.25) is 0 Å². The van der Waals surface area contributed by atoms with Crippen molar-refractivity contribution in [2.45, 2.75) is 59.7 Å². The van der Waals surface area contributed by atoms with Crippen molar-refractivity contribution in [3.8, 4) is 0 Å². The third-order valence-electron chi connectivity index (χ3n) is 5.71. The van der Waals surface area contributed by atoms with Crippen molar-refractivity contribution < 1.29 is 18.0 Å². The van der Waals surface area contributed by atoms with E-state index in [2.05, 4.69) is 21.2 Å². The minimum Gasteiger partial charge on any atom is -0.352 e. The fraction of sp³-hybridized carbons (Fsp3) is 0.440. The number of rotatable bonds is 10. The van der Waals surface area contributed by atoms with E-state index in [9.17, 15) is 18.0 Å². The number of nitrogens with zero attached hydrogens (tertiary/aromatic N) is 2. The van der Waals surface area contributed by atoms with Crippen LogP contribution in [0.5, 0.6) is 0 Å². The molecule has 7 nitrogen and oxygen atoms in total. The molecule has 2 rings (SSSR count). The fourth-order valence-electron chi connectivity index (χ4n) is 3.56. The van der Waals surface area contributed by atoms with E-state index in [1.165, 1.54) is 4.90 Å². The van der Waals surface area contributed by atoms with Gasteiger partial charge < -0.3 is 10.2 Å². The zero-order valence-electron chi connectivity index (χ0n) is 20.6. The van der Waals surface area contributed by atoms with E-state index >= 15 is 0 Å². The summed E-state index contributed by atoms with van der Waals surface area (Å²) in [5.74, 6) is -0.743. The minimum absolute atomic E-state index is 0.0412. The van der Waals surface area contributed by atoms with Crippen molar-refractivity contribution in [1.82, 2.24) is 10.2 Å². The number of aryl methyl sites for hydroxylation is 2. The smallest absolute Gasteiger partial charge is 0.244 e. The van der Waals surface area contributed by atoms with Crippen molar-refractivity contribution in [2.75, 3.05) is 17.1 Å². The predicted octanol–water partition coefficient (Wildman–Crippen LogP) is 4.16. The van der Waals surface area contributed by atoms with E-state index in [4.69, 9.17) is 0 Å². The molecule has 1 N–H and O–H groups in total. The number of hydrogen-bond donors (Lipinski definition) is 1. The van der Waals surface area contributed by atoms with Gasteiger partial charge in [0, 0.05) is 17.1 Å². The molecule has 186 valence electrons. The third-order valence-corrected chi connectivity index (χ3v) is 7.33. The van der Waals surface area contributed by atoms with Crippen LogP contribution in [-0.4, -0.2) is 50.0 Å². The van der Waals surface area contributed by atoms with Gasteiger partial charge in [0.15, 0.2) is 0 Å². The number of nitrogens with one attached hydrogen (secondary N) is 1. The average Bonchev–Trinajstić information content (AvgIpc) is 2.74. The number of sulfonamides is 1. The minimum atomic E-state index is -3.75. The normalized spacial score (nSPS) is 13.1. The van der Waals surface area contributed by atoms with Gasteiger partial charge in [-0.25, -0.2) is 8.42 Å². The maximum Gasteiger partial charge on any atom is 0.244 e. The van der Waals surface area contributed by atoms with Gasteiger partial charge in [0.25, 0.3) is 0 Å². The van der Waals surface area contributed by atoms with Gasteiger partial charge in [-0.3, -0.25) is 13.9 Å². The van der Waals surface area contributed by atoms with E-state index in [0.29, 0.717) is 5.69 Å². The molecule has 34 heavy (non-hydrogen) atoms. The van der Waals surface area contributed by atoms with Gasteiger partial charge >= 0.3 is 0 Å². The molecule has 0 aliphatic heterocycles. The Bertz CT molecular complexity index is 1140. The van der Waals surface area contributed by atoms with Crippen molar-refractivity contribution in [3.05, 3.63) is 63.6 Å². The summed E-state index contributed by atoms with van der Waals surface area (Å²) in [5.41, 5.74) is 3.01. The molecular formula is C25H34BrN3O4S. The summed E-state index contributed by atoms with van der Waals surface area (Å²) in [4.78, 5) is 27.9. The Labute approximate surface area is 211 Å². The van der Waals surface area contributed by atoms with E-state index < -0.39 is 28.5 Å². The second-order valence-corrected chi connectivity index (χ2v) is 11.5. The average molecular weight is 553 g/mol. The van der Waals surface area contributed by atoms with E-state index in [0.717, 1.165) is 38.1 Å². The zero-order chi connectivity index (χ0) is 25.6. The van der Waals surface area contributed by atoms with Gasteiger partial charge in [0.05, 0.1) is 11.9 Å². The molecular weight excluding hydrogens is 518 g/mol. The second-order valence-electron chi connectivity index (χ2n) is 8.70. The highest BCUT2D eigenvalue weighted by Crippen LogP contribution is 2.24. The molecule has 0 heterocycles. The summed E-state index contributed by atoms with van der Waals surface area (Å²) in [7, 11) is -3.75. The van der Waals surface area contributed by atoms with E-state index in [1.54, 1.807) is 13.0 Å². The molecule has 0 aliphatic carbocycles. The largest absolute Gasteiger partial charge is 0.352 e. The summed E-state index contributed by atoms with van der Waals surface area (Å²) in [5, 5.41) is 2.92. The van der Waals surface area contributed by atoms with Crippen LogP contribution in [0.1, 0.15) is 43.9 Å². The fourth-order valence-corrected chi connectivity index (χ4v) is 4.91. The molecule has 0 aliphatic rings. The molecule has 0 saturated heterocycles. The van der Waals surface area contributed by atoms with Crippen molar-refractivity contribution in [1.29, 1.82) is 0 Å². The number of benzene rings is 2. The summed E-state index contributed by atoms with van der Waals surface area (Å²) < 4.78 is 27.3. The lowest BCUT2D eigenvalue weighted by molar-refractivity contribution is -0.139. The summed E-state index contributed by atoms with van der Waals surface area (Å²) in [6.45, 7) is 9.02. The van der Waals surface area contributed by atoms with E-state index in [-0.39, 0.29) is 18.5 Å². The first-order valence-corrected chi connectivity index (χ1v) is 13.9. The van der Waals surface area contributed by atoms with Crippen LogP contribution in [0.3, 0.4) is 0 Å². The Balaban J connectivity index is 2.42. The highest BCUT2D eigenvalue weighted by Gasteiger charge is 2.31. The molecule has 0 fully saturated rings. The monoisotopic (exact) mass is 551 g/mol.